The van der Waals surface area contributed by atoms with Gasteiger partial charge >= 0.3 is 0 Å². The van der Waals surface area contributed by atoms with Gasteiger partial charge in [0.2, 0.25) is 5.91 Å². The van der Waals surface area contributed by atoms with Crippen molar-refractivity contribution in [1.82, 2.24) is 19.9 Å². The first-order valence-electron chi connectivity index (χ1n) is 11.1. The maximum Gasteiger partial charge on any atom is 0.243 e. The first-order valence-corrected chi connectivity index (χ1v) is 11.1. The molecule has 0 saturated carbocycles. The zero-order chi connectivity index (χ0) is 21.7. The highest BCUT2D eigenvalue weighted by Crippen LogP contribution is 2.36. The lowest BCUT2D eigenvalue weighted by atomic mass is 9.88. The Bertz CT molecular complexity index is 985. The lowest BCUT2D eigenvalue weighted by Gasteiger charge is -2.40. The van der Waals surface area contributed by atoms with Crippen molar-refractivity contribution in [2.24, 2.45) is 0 Å². The maximum atomic E-state index is 13.8. The van der Waals surface area contributed by atoms with Gasteiger partial charge in [0.1, 0.15) is 17.0 Å². The van der Waals surface area contributed by atoms with Crippen molar-refractivity contribution in [3.05, 3.63) is 72.2 Å². The Morgan fingerprint density at radius 2 is 1.87 bits per heavy atom. The second kappa shape index (κ2) is 9.43. The summed E-state index contributed by atoms with van der Waals surface area (Å²) in [5.74, 6) is 0.933. The van der Waals surface area contributed by atoms with E-state index in [2.05, 4.69) is 15.0 Å². The van der Waals surface area contributed by atoms with Crippen LogP contribution in [0.25, 0.3) is 11.3 Å². The second-order valence-corrected chi connectivity index (χ2v) is 8.11. The summed E-state index contributed by atoms with van der Waals surface area (Å²) in [6, 6.07) is 16.0. The third kappa shape index (κ3) is 4.39. The van der Waals surface area contributed by atoms with Gasteiger partial charge in [0.15, 0.2) is 0 Å². The van der Waals surface area contributed by atoms with E-state index in [1.54, 1.807) is 0 Å². The molecule has 2 aromatic heterocycles. The molecular weight excluding hydrogens is 388 g/mol. The number of likely N-dealkylation sites (N-methyl/N-ethyl adjacent to an activating group) is 1. The summed E-state index contributed by atoms with van der Waals surface area (Å²) in [6.45, 7) is 7.08. The molecule has 0 aliphatic carbocycles. The summed E-state index contributed by atoms with van der Waals surface area (Å²) in [5.41, 5.74) is 2.36. The molecular formula is C25H30N4O2. The van der Waals surface area contributed by atoms with Gasteiger partial charge in [0.25, 0.3) is 0 Å². The quantitative estimate of drug-likeness (QED) is 0.549. The summed E-state index contributed by atoms with van der Waals surface area (Å²) in [7, 11) is 0. The minimum atomic E-state index is -0.622. The Balaban J connectivity index is 1.66. The zero-order valence-electron chi connectivity index (χ0n) is 18.3. The standard InChI is InChI=1S/C25H30N4O2/c1-3-28(4-2)24(30)25(13-8-16-29(25)19-20-11-14-26-15-12-20)18-22-17-23(27-31-22)21-9-6-5-7-10-21/h5-7,9-12,14-15,17H,3-4,8,13,16,18-19H2,1-2H3/t25-/m1/s1. The van der Waals surface area contributed by atoms with Crippen molar-refractivity contribution >= 4 is 5.91 Å². The summed E-state index contributed by atoms with van der Waals surface area (Å²) in [6.07, 6.45) is 5.93. The highest BCUT2D eigenvalue weighted by molar-refractivity contribution is 5.87. The van der Waals surface area contributed by atoms with Crippen molar-refractivity contribution in [3.8, 4) is 11.3 Å². The molecule has 1 aliphatic rings. The summed E-state index contributed by atoms with van der Waals surface area (Å²) in [4.78, 5) is 22.2. The molecule has 3 heterocycles. The van der Waals surface area contributed by atoms with E-state index in [1.165, 1.54) is 0 Å². The number of pyridine rings is 1. The van der Waals surface area contributed by atoms with Crippen LogP contribution in [0.1, 0.15) is 38.0 Å². The molecule has 1 amide bonds. The molecule has 1 fully saturated rings. The molecule has 4 rings (SSSR count). The van der Waals surface area contributed by atoms with E-state index in [4.69, 9.17) is 4.52 Å². The van der Waals surface area contributed by atoms with E-state index in [-0.39, 0.29) is 5.91 Å². The molecule has 1 aromatic carbocycles. The number of hydrogen-bond donors (Lipinski definition) is 0. The van der Waals surface area contributed by atoms with E-state index in [0.717, 1.165) is 48.5 Å². The minimum absolute atomic E-state index is 0.182. The Morgan fingerprint density at radius 3 is 2.58 bits per heavy atom. The lowest BCUT2D eigenvalue weighted by Crippen LogP contribution is -2.57. The average Bonchev–Trinajstić information content (AvgIpc) is 3.44. The Kier molecular flexibility index (Phi) is 6.47. The number of rotatable bonds is 8. The van der Waals surface area contributed by atoms with Gasteiger partial charge in [0.05, 0.1) is 0 Å². The van der Waals surface area contributed by atoms with Gasteiger partial charge in [-0.05, 0) is 50.9 Å². The molecule has 6 heteroatoms. The van der Waals surface area contributed by atoms with Gasteiger partial charge in [-0.25, -0.2) is 0 Å². The fourth-order valence-electron chi connectivity index (χ4n) is 4.63. The topological polar surface area (TPSA) is 62.5 Å². The monoisotopic (exact) mass is 418 g/mol. The molecule has 162 valence electrons. The predicted octanol–water partition coefficient (Wildman–Crippen LogP) is 4.18. The van der Waals surface area contributed by atoms with Crippen LogP contribution in [-0.2, 0) is 17.8 Å². The van der Waals surface area contributed by atoms with Crippen molar-refractivity contribution < 1.29 is 9.32 Å². The Labute approximate surface area is 183 Å². The van der Waals surface area contributed by atoms with Crippen LogP contribution in [0, 0.1) is 0 Å². The zero-order valence-corrected chi connectivity index (χ0v) is 18.3. The maximum absolute atomic E-state index is 13.8. The van der Waals surface area contributed by atoms with Gasteiger partial charge in [-0.2, -0.15) is 0 Å². The van der Waals surface area contributed by atoms with E-state index in [9.17, 15) is 4.79 Å². The molecule has 0 spiro atoms. The van der Waals surface area contributed by atoms with Gasteiger partial charge in [-0.1, -0.05) is 35.5 Å². The Hall–Kier alpha value is -2.99. The van der Waals surface area contributed by atoms with Gasteiger partial charge in [-0.15, -0.1) is 0 Å². The van der Waals surface area contributed by atoms with E-state index in [1.807, 2.05) is 79.7 Å². The molecule has 1 aliphatic heterocycles. The summed E-state index contributed by atoms with van der Waals surface area (Å²) >= 11 is 0. The fraction of sp³-hybridized carbons (Fsp3) is 0.400. The van der Waals surface area contributed by atoms with Gasteiger partial charge in [-0.3, -0.25) is 14.7 Å². The third-order valence-corrected chi connectivity index (χ3v) is 6.29. The van der Waals surface area contributed by atoms with Crippen LogP contribution in [0.5, 0.6) is 0 Å². The van der Waals surface area contributed by atoms with Crippen LogP contribution in [0.4, 0.5) is 0 Å². The van der Waals surface area contributed by atoms with Crippen LogP contribution in [0.15, 0.2) is 65.4 Å². The molecule has 0 N–H and O–H groups in total. The molecule has 3 aromatic rings. The van der Waals surface area contributed by atoms with E-state index in [0.29, 0.717) is 19.5 Å². The molecule has 6 nitrogen and oxygen atoms in total. The second-order valence-electron chi connectivity index (χ2n) is 8.11. The highest BCUT2D eigenvalue weighted by Gasteiger charge is 2.49. The van der Waals surface area contributed by atoms with Crippen LogP contribution in [-0.4, -0.2) is 51.0 Å². The minimum Gasteiger partial charge on any atom is -0.361 e. The lowest BCUT2D eigenvalue weighted by molar-refractivity contribution is -0.143. The number of aromatic nitrogens is 2. The predicted molar refractivity (Wildman–Crippen MR) is 120 cm³/mol. The number of carbonyl (C=O) groups excluding carboxylic acids is 1. The summed E-state index contributed by atoms with van der Waals surface area (Å²) < 4.78 is 5.74. The molecule has 1 atom stereocenters. The first kappa shape index (κ1) is 21.2. The third-order valence-electron chi connectivity index (χ3n) is 6.29. The van der Waals surface area contributed by atoms with Crippen molar-refractivity contribution in [1.29, 1.82) is 0 Å². The SMILES string of the molecule is CCN(CC)C(=O)[C@]1(Cc2cc(-c3ccccc3)no2)CCCN1Cc1ccncc1. The van der Waals surface area contributed by atoms with E-state index >= 15 is 0 Å². The number of amides is 1. The number of carbonyl (C=O) groups is 1. The first-order chi connectivity index (χ1) is 15.2. The molecule has 0 unspecified atom stereocenters. The molecule has 0 bridgehead atoms. The fourth-order valence-corrected chi connectivity index (χ4v) is 4.63. The van der Waals surface area contributed by atoms with Crippen molar-refractivity contribution in [2.75, 3.05) is 19.6 Å². The Morgan fingerprint density at radius 1 is 1.13 bits per heavy atom. The summed E-state index contributed by atoms with van der Waals surface area (Å²) in [5, 5.41) is 4.29. The van der Waals surface area contributed by atoms with Crippen molar-refractivity contribution in [3.63, 3.8) is 0 Å². The highest BCUT2D eigenvalue weighted by atomic mass is 16.5. The van der Waals surface area contributed by atoms with E-state index < -0.39 is 5.54 Å². The number of likely N-dealkylation sites (tertiary alicyclic amines) is 1. The molecule has 0 radical (unpaired) electrons. The number of hydrogen-bond acceptors (Lipinski definition) is 5. The van der Waals surface area contributed by atoms with Gasteiger partial charge in [0, 0.05) is 50.1 Å². The largest absolute Gasteiger partial charge is 0.361 e. The normalized spacial score (nSPS) is 18.9. The number of nitrogens with zero attached hydrogens (tertiary/aromatic N) is 4. The molecule has 31 heavy (non-hydrogen) atoms. The smallest absolute Gasteiger partial charge is 0.243 e. The van der Waals surface area contributed by atoms with Gasteiger partial charge < -0.3 is 9.42 Å². The molecule has 1 saturated heterocycles. The van der Waals surface area contributed by atoms with Crippen LogP contribution in [0.3, 0.4) is 0 Å². The van der Waals surface area contributed by atoms with Crippen molar-refractivity contribution in [2.45, 2.75) is 45.2 Å². The van der Waals surface area contributed by atoms with Crippen LogP contribution >= 0.6 is 0 Å². The van der Waals surface area contributed by atoms with Crippen LogP contribution in [0.2, 0.25) is 0 Å². The average molecular weight is 419 g/mol. The van der Waals surface area contributed by atoms with Crippen LogP contribution < -0.4 is 0 Å². The number of benzene rings is 1.